The SMILES string of the molecule is CCOC(=O)c1n[nH]c2ccc(CNC(=O)Cn3cnc4c(c3=O)NC(c3cnc(-c5ccccc5)o3)CC4)cc12. The summed E-state index contributed by atoms with van der Waals surface area (Å²) in [5, 5.41) is 13.5. The van der Waals surface area contributed by atoms with Crippen LogP contribution < -0.4 is 16.2 Å². The van der Waals surface area contributed by atoms with Gasteiger partial charge in [0.2, 0.25) is 11.8 Å². The molecule has 0 radical (unpaired) electrons. The molecule has 1 aliphatic rings. The van der Waals surface area contributed by atoms with E-state index < -0.39 is 5.97 Å². The van der Waals surface area contributed by atoms with Crippen LogP contribution in [0.1, 0.15) is 46.9 Å². The van der Waals surface area contributed by atoms with Crippen molar-refractivity contribution in [1.82, 2.24) is 30.0 Å². The molecule has 1 unspecified atom stereocenters. The first-order valence-electron chi connectivity index (χ1n) is 13.3. The Hall–Kier alpha value is -5.26. The molecule has 12 nitrogen and oxygen atoms in total. The normalized spacial score (nSPS) is 14.3. The molecule has 2 aromatic carbocycles. The molecule has 0 bridgehead atoms. The molecule has 1 amide bonds. The van der Waals surface area contributed by atoms with Crippen molar-refractivity contribution in [2.45, 2.75) is 38.9 Å². The first-order chi connectivity index (χ1) is 20.0. The second kappa shape index (κ2) is 11.1. The number of hydrogen-bond donors (Lipinski definition) is 3. The molecule has 0 aliphatic carbocycles. The molecule has 0 saturated heterocycles. The number of rotatable bonds is 8. The Balaban J connectivity index is 1.12. The molecule has 208 valence electrons. The van der Waals surface area contributed by atoms with E-state index in [1.54, 1.807) is 25.3 Å². The number of aryl methyl sites for hydroxylation is 1. The Morgan fingerprint density at radius 3 is 2.85 bits per heavy atom. The van der Waals surface area contributed by atoms with Crippen molar-refractivity contribution >= 4 is 28.5 Å². The molecular weight excluding hydrogens is 526 g/mol. The molecule has 0 spiro atoms. The highest BCUT2D eigenvalue weighted by Gasteiger charge is 2.26. The van der Waals surface area contributed by atoms with Crippen molar-refractivity contribution in [2.24, 2.45) is 0 Å². The van der Waals surface area contributed by atoms with E-state index in [1.807, 2.05) is 36.4 Å². The molecule has 12 heteroatoms. The van der Waals surface area contributed by atoms with Crippen LogP contribution in [0.25, 0.3) is 22.4 Å². The molecule has 3 N–H and O–H groups in total. The fraction of sp³-hybridized carbons (Fsp3) is 0.241. The number of aromatic nitrogens is 5. The minimum absolute atomic E-state index is 0.189. The van der Waals surface area contributed by atoms with Crippen LogP contribution in [0.15, 0.2) is 70.3 Å². The second-order valence-corrected chi connectivity index (χ2v) is 9.62. The third-order valence-corrected chi connectivity index (χ3v) is 6.89. The minimum atomic E-state index is -0.519. The number of aromatic amines is 1. The smallest absolute Gasteiger partial charge is 0.359 e. The second-order valence-electron chi connectivity index (χ2n) is 9.62. The topological polar surface area (TPSA) is 157 Å². The Labute approximate surface area is 233 Å². The number of hydrogen-bond acceptors (Lipinski definition) is 9. The molecule has 41 heavy (non-hydrogen) atoms. The Bertz CT molecular complexity index is 1790. The van der Waals surface area contributed by atoms with Gasteiger partial charge in [0.15, 0.2) is 5.69 Å². The monoisotopic (exact) mass is 553 g/mol. The van der Waals surface area contributed by atoms with Crippen molar-refractivity contribution in [3.63, 3.8) is 0 Å². The molecule has 1 atom stereocenters. The van der Waals surface area contributed by atoms with Gasteiger partial charge in [-0.1, -0.05) is 24.3 Å². The van der Waals surface area contributed by atoms with E-state index in [4.69, 9.17) is 9.15 Å². The van der Waals surface area contributed by atoms with Crippen LogP contribution in [0.5, 0.6) is 0 Å². The van der Waals surface area contributed by atoms with E-state index in [-0.39, 0.29) is 42.9 Å². The van der Waals surface area contributed by atoms with E-state index in [2.05, 4.69) is 30.8 Å². The summed E-state index contributed by atoms with van der Waals surface area (Å²) < 4.78 is 12.3. The number of benzene rings is 2. The maximum Gasteiger partial charge on any atom is 0.359 e. The van der Waals surface area contributed by atoms with Gasteiger partial charge in [0.05, 0.1) is 36.4 Å². The van der Waals surface area contributed by atoms with Gasteiger partial charge in [-0.2, -0.15) is 5.10 Å². The summed E-state index contributed by atoms with van der Waals surface area (Å²) in [6, 6.07) is 14.7. The zero-order valence-corrected chi connectivity index (χ0v) is 22.2. The number of carbonyl (C=O) groups excluding carboxylic acids is 2. The van der Waals surface area contributed by atoms with E-state index in [1.165, 1.54) is 10.9 Å². The van der Waals surface area contributed by atoms with Gasteiger partial charge in [-0.05, 0) is 49.6 Å². The fourth-order valence-electron chi connectivity index (χ4n) is 4.81. The van der Waals surface area contributed by atoms with Crippen LogP contribution in [-0.2, 0) is 29.0 Å². The lowest BCUT2D eigenvalue weighted by Crippen LogP contribution is -2.35. The van der Waals surface area contributed by atoms with Gasteiger partial charge in [-0.15, -0.1) is 0 Å². The standard InChI is InChI=1S/C29H27N7O5/c1-2-40-29(39)25-19-12-17(8-9-20(19)34-35-25)13-30-24(37)15-36-16-32-22-11-10-21(33-26(22)28(36)38)23-14-31-27(41-23)18-6-4-3-5-7-18/h3-9,12,14,16,21,33H,2,10-11,13,15H2,1H3,(H,30,37)(H,34,35). The predicted molar refractivity (Wildman–Crippen MR) is 149 cm³/mol. The predicted octanol–water partition coefficient (Wildman–Crippen LogP) is 3.37. The number of anilines is 1. The number of ether oxygens (including phenoxy) is 1. The van der Waals surface area contributed by atoms with Crippen LogP contribution in [-0.4, -0.2) is 43.2 Å². The average molecular weight is 554 g/mol. The molecule has 3 aromatic heterocycles. The number of carbonyl (C=O) groups is 2. The van der Waals surface area contributed by atoms with Gasteiger partial charge in [0.25, 0.3) is 5.56 Å². The third kappa shape index (κ3) is 5.31. The van der Waals surface area contributed by atoms with Crippen molar-refractivity contribution in [1.29, 1.82) is 0 Å². The molecule has 0 saturated carbocycles. The average Bonchev–Trinajstić information content (AvgIpc) is 3.66. The van der Waals surface area contributed by atoms with Gasteiger partial charge in [-0.3, -0.25) is 19.3 Å². The summed E-state index contributed by atoms with van der Waals surface area (Å²) in [5.41, 5.74) is 3.17. The summed E-state index contributed by atoms with van der Waals surface area (Å²) in [6.07, 6.45) is 4.34. The van der Waals surface area contributed by atoms with Crippen LogP contribution in [0.2, 0.25) is 0 Å². The van der Waals surface area contributed by atoms with E-state index in [0.717, 1.165) is 11.1 Å². The number of nitrogens with one attached hydrogen (secondary N) is 3. The number of esters is 1. The maximum absolute atomic E-state index is 13.3. The summed E-state index contributed by atoms with van der Waals surface area (Å²) in [7, 11) is 0. The van der Waals surface area contributed by atoms with Crippen LogP contribution in [0, 0.1) is 0 Å². The molecule has 1 aliphatic heterocycles. The van der Waals surface area contributed by atoms with Gasteiger partial charge in [0.1, 0.15) is 18.0 Å². The molecule has 4 heterocycles. The molecule has 0 fully saturated rings. The first-order valence-corrected chi connectivity index (χ1v) is 13.3. The highest BCUT2D eigenvalue weighted by molar-refractivity contribution is 6.02. The summed E-state index contributed by atoms with van der Waals surface area (Å²) in [4.78, 5) is 47.0. The summed E-state index contributed by atoms with van der Waals surface area (Å²) >= 11 is 0. The van der Waals surface area contributed by atoms with Crippen molar-refractivity contribution in [2.75, 3.05) is 11.9 Å². The number of amides is 1. The number of H-pyrrole nitrogens is 1. The van der Waals surface area contributed by atoms with Crippen molar-refractivity contribution < 1.29 is 18.7 Å². The highest BCUT2D eigenvalue weighted by Crippen LogP contribution is 2.31. The first kappa shape index (κ1) is 26.0. The van der Waals surface area contributed by atoms with Gasteiger partial charge >= 0.3 is 5.97 Å². The zero-order chi connectivity index (χ0) is 28.3. The zero-order valence-electron chi connectivity index (χ0n) is 22.2. The van der Waals surface area contributed by atoms with E-state index in [9.17, 15) is 14.4 Å². The summed E-state index contributed by atoms with van der Waals surface area (Å²) in [5.74, 6) is 0.261. The lowest BCUT2D eigenvalue weighted by atomic mass is 10.0. The van der Waals surface area contributed by atoms with Crippen LogP contribution >= 0.6 is 0 Å². The third-order valence-electron chi connectivity index (χ3n) is 6.89. The number of fused-ring (bicyclic) bond motifs is 2. The van der Waals surface area contributed by atoms with E-state index >= 15 is 0 Å². The summed E-state index contributed by atoms with van der Waals surface area (Å²) in [6.45, 7) is 1.97. The fourth-order valence-corrected chi connectivity index (χ4v) is 4.81. The van der Waals surface area contributed by atoms with Crippen LogP contribution in [0.4, 0.5) is 5.69 Å². The largest absolute Gasteiger partial charge is 0.461 e. The van der Waals surface area contributed by atoms with Crippen molar-refractivity contribution in [3.8, 4) is 11.5 Å². The lowest BCUT2D eigenvalue weighted by molar-refractivity contribution is -0.121. The molecule has 5 aromatic rings. The highest BCUT2D eigenvalue weighted by atomic mass is 16.5. The minimum Gasteiger partial charge on any atom is -0.461 e. The molecule has 6 rings (SSSR count). The molecular formula is C29H27N7O5. The van der Waals surface area contributed by atoms with Gasteiger partial charge in [0, 0.05) is 17.5 Å². The number of nitrogens with zero attached hydrogens (tertiary/aromatic N) is 4. The Morgan fingerprint density at radius 1 is 1.17 bits per heavy atom. The van der Waals surface area contributed by atoms with Crippen molar-refractivity contribution in [3.05, 3.63) is 94.1 Å². The lowest BCUT2D eigenvalue weighted by Gasteiger charge is -2.24. The van der Waals surface area contributed by atoms with E-state index in [0.29, 0.717) is 46.8 Å². The Kier molecular flexibility index (Phi) is 7.02. The quantitative estimate of drug-likeness (QED) is 0.245. The van der Waals surface area contributed by atoms with Crippen LogP contribution in [0.3, 0.4) is 0 Å². The number of oxazole rings is 1. The van der Waals surface area contributed by atoms with Gasteiger partial charge in [-0.25, -0.2) is 14.8 Å². The maximum atomic E-state index is 13.3. The van der Waals surface area contributed by atoms with Gasteiger partial charge < -0.3 is 19.8 Å². The Morgan fingerprint density at radius 2 is 2.02 bits per heavy atom.